The Labute approximate surface area is 125 Å². The molecule has 2 rings (SSSR count). The molecule has 0 bridgehead atoms. The zero-order valence-corrected chi connectivity index (χ0v) is 12.8. The number of carbonyl (C=O) groups excluding carboxylic acids is 2. The van der Waals surface area contributed by atoms with E-state index in [-0.39, 0.29) is 11.8 Å². The van der Waals surface area contributed by atoms with Crippen LogP contribution in [0.1, 0.15) is 6.42 Å². The maximum Gasteiger partial charge on any atom is 0.233 e. The highest BCUT2D eigenvalue weighted by Crippen LogP contribution is 2.22. The lowest BCUT2D eigenvalue weighted by molar-refractivity contribution is -0.128. The van der Waals surface area contributed by atoms with Gasteiger partial charge < -0.3 is 10.2 Å². The van der Waals surface area contributed by atoms with E-state index in [4.69, 9.17) is 0 Å². The van der Waals surface area contributed by atoms with Crippen LogP contribution in [0.4, 0.5) is 0 Å². The average Bonchev–Trinajstić information content (AvgIpc) is 2.61. The third-order valence-corrected chi connectivity index (χ3v) is 4.30. The van der Waals surface area contributed by atoms with Gasteiger partial charge in [0, 0.05) is 35.4 Å². The van der Waals surface area contributed by atoms with Gasteiger partial charge >= 0.3 is 0 Å². The fourth-order valence-corrected chi connectivity index (χ4v) is 3.22. The van der Waals surface area contributed by atoms with Crippen LogP contribution >= 0.6 is 27.7 Å². The van der Waals surface area contributed by atoms with Crippen molar-refractivity contribution in [2.24, 2.45) is 0 Å². The van der Waals surface area contributed by atoms with E-state index < -0.39 is 0 Å². The van der Waals surface area contributed by atoms with Gasteiger partial charge in [-0.05, 0) is 18.2 Å². The number of rotatable bonds is 3. The summed E-state index contributed by atoms with van der Waals surface area (Å²) in [5.74, 6) is 0.515. The number of nitrogens with one attached hydrogen (secondary N) is 1. The number of nitrogens with zero attached hydrogens (tertiary/aromatic N) is 1. The van der Waals surface area contributed by atoms with Crippen molar-refractivity contribution >= 4 is 39.5 Å². The van der Waals surface area contributed by atoms with E-state index in [1.54, 1.807) is 4.90 Å². The second kappa shape index (κ2) is 6.96. The molecule has 0 atom stereocenters. The second-order valence-corrected chi connectivity index (χ2v) is 6.19. The second-order valence-electron chi connectivity index (χ2n) is 4.23. The van der Waals surface area contributed by atoms with Crippen molar-refractivity contribution in [1.29, 1.82) is 0 Å². The molecule has 1 aromatic rings. The predicted octanol–water partition coefficient (Wildman–Crippen LogP) is 1.89. The smallest absolute Gasteiger partial charge is 0.233 e. The van der Waals surface area contributed by atoms with Gasteiger partial charge in [-0.15, -0.1) is 11.8 Å². The Hall–Kier alpha value is -1.01. The van der Waals surface area contributed by atoms with Crippen molar-refractivity contribution in [2.75, 3.05) is 25.4 Å². The maximum atomic E-state index is 12.1. The molecule has 1 aliphatic rings. The third kappa shape index (κ3) is 4.54. The normalized spacial score (nSPS) is 15.8. The summed E-state index contributed by atoms with van der Waals surface area (Å²) in [6.45, 7) is 1.67. The first-order valence-corrected chi connectivity index (χ1v) is 7.86. The number of amides is 2. The molecule has 1 heterocycles. The molecule has 0 aliphatic carbocycles. The Balaban J connectivity index is 1.85. The van der Waals surface area contributed by atoms with Gasteiger partial charge in [-0.2, -0.15) is 0 Å². The molecule has 0 aromatic heterocycles. The van der Waals surface area contributed by atoms with E-state index in [1.165, 1.54) is 11.8 Å². The summed E-state index contributed by atoms with van der Waals surface area (Å²) in [7, 11) is 0. The summed E-state index contributed by atoms with van der Waals surface area (Å²) in [6.07, 6.45) is 0.396. The zero-order valence-electron chi connectivity index (χ0n) is 10.4. The largest absolute Gasteiger partial charge is 0.354 e. The first kappa shape index (κ1) is 14.4. The molecule has 0 saturated carbocycles. The zero-order chi connectivity index (χ0) is 13.7. The van der Waals surface area contributed by atoms with E-state index >= 15 is 0 Å². The van der Waals surface area contributed by atoms with Crippen LogP contribution in [0.3, 0.4) is 0 Å². The Morgan fingerprint density at radius 1 is 1.42 bits per heavy atom. The molecule has 1 aliphatic heterocycles. The first-order valence-electron chi connectivity index (χ1n) is 6.08. The Kier molecular flexibility index (Phi) is 5.27. The Morgan fingerprint density at radius 3 is 3.05 bits per heavy atom. The molecular formula is C13H15BrN2O2S. The highest BCUT2D eigenvalue weighted by atomic mass is 79.9. The molecule has 2 amide bonds. The van der Waals surface area contributed by atoms with Crippen molar-refractivity contribution in [3.8, 4) is 0 Å². The molecular weight excluding hydrogens is 328 g/mol. The first-order chi connectivity index (χ1) is 9.15. The minimum atomic E-state index is 0.0231. The van der Waals surface area contributed by atoms with Crippen LogP contribution in [0.2, 0.25) is 0 Å². The van der Waals surface area contributed by atoms with Gasteiger partial charge in [-0.3, -0.25) is 9.59 Å². The highest BCUT2D eigenvalue weighted by molar-refractivity contribution is 9.10. The molecule has 0 radical (unpaired) electrons. The molecule has 19 heavy (non-hydrogen) atoms. The van der Waals surface area contributed by atoms with Gasteiger partial charge in [-0.1, -0.05) is 22.0 Å². The maximum absolute atomic E-state index is 12.1. The Morgan fingerprint density at radius 2 is 2.26 bits per heavy atom. The molecule has 1 aromatic carbocycles. The van der Waals surface area contributed by atoms with E-state index in [2.05, 4.69) is 21.2 Å². The summed E-state index contributed by atoms with van der Waals surface area (Å²) >= 11 is 4.93. The molecule has 1 fully saturated rings. The van der Waals surface area contributed by atoms with Crippen molar-refractivity contribution in [1.82, 2.24) is 10.2 Å². The Bertz CT molecular complexity index is 481. The number of carbonyl (C=O) groups is 2. The van der Waals surface area contributed by atoms with Crippen LogP contribution in [0.25, 0.3) is 0 Å². The fraction of sp³-hybridized carbons (Fsp3) is 0.385. The van der Waals surface area contributed by atoms with Crippen LogP contribution in [-0.2, 0) is 9.59 Å². The van der Waals surface area contributed by atoms with Gasteiger partial charge in [0.1, 0.15) is 0 Å². The lowest BCUT2D eigenvalue weighted by Crippen LogP contribution is -2.35. The van der Waals surface area contributed by atoms with Crippen molar-refractivity contribution in [3.63, 3.8) is 0 Å². The summed E-state index contributed by atoms with van der Waals surface area (Å²) in [5.41, 5.74) is 0. The monoisotopic (exact) mass is 342 g/mol. The average molecular weight is 343 g/mol. The van der Waals surface area contributed by atoms with Crippen molar-refractivity contribution < 1.29 is 9.59 Å². The minimum Gasteiger partial charge on any atom is -0.354 e. The van der Waals surface area contributed by atoms with Gasteiger partial charge in [0.05, 0.1) is 5.75 Å². The molecule has 6 heteroatoms. The lowest BCUT2D eigenvalue weighted by Gasteiger charge is -2.19. The minimum absolute atomic E-state index is 0.0231. The van der Waals surface area contributed by atoms with Gasteiger partial charge in [-0.25, -0.2) is 0 Å². The number of halogens is 1. The number of thioether (sulfide) groups is 1. The van der Waals surface area contributed by atoms with Gasteiger partial charge in [0.25, 0.3) is 0 Å². The van der Waals surface area contributed by atoms with Crippen molar-refractivity contribution in [3.05, 3.63) is 28.7 Å². The predicted molar refractivity (Wildman–Crippen MR) is 79.1 cm³/mol. The van der Waals surface area contributed by atoms with E-state index in [0.29, 0.717) is 31.8 Å². The number of benzene rings is 1. The van der Waals surface area contributed by atoms with E-state index in [9.17, 15) is 9.59 Å². The lowest BCUT2D eigenvalue weighted by atomic mass is 10.4. The number of hydrogen-bond donors (Lipinski definition) is 1. The van der Waals surface area contributed by atoms with Crippen LogP contribution in [-0.4, -0.2) is 42.1 Å². The standard InChI is InChI=1S/C13H15BrN2O2S/c14-10-2-1-3-11(8-10)19-9-13(18)16-6-4-12(17)15-5-7-16/h1-3,8H,4-7,9H2,(H,15,17). The summed E-state index contributed by atoms with van der Waals surface area (Å²) in [5, 5.41) is 2.76. The van der Waals surface area contributed by atoms with Gasteiger partial charge in [0.15, 0.2) is 0 Å². The third-order valence-electron chi connectivity index (χ3n) is 2.82. The summed E-state index contributed by atoms with van der Waals surface area (Å²) < 4.78 is 1.01. The van der Waals surface area contributed by atoms with E-state index in [1.807, 2.05) is 24.3 Å². The summed E-state index contributed by atoms with van der Waals surface area (Å²) in [6, 6.07) is 7.88. The topological polar surface area (TPSA) is 49.4 Å². The highest BCUT2D eigenvalue weighted by Gasteiger charge is 2.18. The SMILES string of the molecule is O=C1CCN(C(=O)CSc2cccc(Br)c2)CCN1. The molecule has 1 saturated heterocycles. The summed E-state index contributed by atoms with van der Waals surface area (Å²) in [4.78, 5) is 26.1. The van der Waals surface area contributed by atoms with Crippen LogP contribution < -0.4 is 5.32 Å². The molecule has 4 nitrogen and oxygen atoms in total. The quantitative estimate of drug-likeness (QED) is 0.853. The van der Waals surface area contributed by atoms with Crippen LogP contribution in [0, 0.1) is 0 Å². The van der Waals surface area contributed by atoms with Gasteiger partial charge in [0.2, 0.25) is 11.8 Å². The fourth-order valence-electron chi connectivity index (χ4n) is 1.81. The van der Waals surface area contributed by atoms with Crippen molar-refractivity contribution in [2.45, 2.75) is 11.3 Å². The van der Waals surface area contributed by atoms with Crippen LogP contribution in [0.5, 0.6) is 0 Å². The van der Waals surface area contributed by atoms with E-state index in [0.717, 1.165) is 9.37 Å². The number of hydrogen-bond acceptors (Lipinski definition) is 3. The molecule has 102 valence electrons. The molecule has 0 spiro atoms. The van der Waals surface area contributed by atoms with Crippen LogP contribution in [0.15, 0.2) is 33.6 Å². The molecule has 0 unspecified atom stereocenters. The molecule has 1 N–H and O–H groups in total.